The van der Waals surface area contributed by atoms with Crippen LogP contribution in [-0.4, -0.2) is 96.7 Å². The zero-order valence-corrected chi connectivity index (χ0v) is 70.5. The van der Waals surface area contributed by atoms with Gasteiger partial charge in [-0.05, 0) is 25.7 Å². The molecule has 0 radical (unpaired) electrons. The van der Waals surface area contributed by atoms with Crippen LogP contribution in [0.25, 0.3) is 0 Å². The minimum Gasteiger partial charge on any atom is -0.462 e. The maximum absolute atomic E-state index is 13.1. The van der Waals surface area contributed by atoms with Crippen LogP contribution in [0.3, 0.4) is 0 Å². The molecular weight excluding hydrogens is 1370 g/mol. The topological polar surface area (TPSA) is 237 Å². The van der Waals surface area contributed by atoms with Crippen molar-refractivity contribution in [3.63, 3.8) is 0 Å². The minimum atomic E-state index is -4.96. The maximum atomic E-state index is 13.1. The molecule has 0 aliphatic rings. The molecule has 2 unspecified atom stereocenters. The molecule has 0 aliphatic carbocycles. The monoisotopic (exact) mass is 1540 g/mol. The van der Waals surface area contributed by atoms with Crippen LogP contribution in [0.5, 0.6) is 0 Å². The van der Waals surface area contributed by atoms with Crippen molar-refractivity contribution in [1.82, 2.24) is 0 Å². The van der Waals surface area contributed by atoms with Crippen LogP contribution < -0.4 is 0 Å². The van der Waals surface area contributed by atoms with E-state index in [0.717, 1.165) is 89.9 Å². The number of phosphoric acid groups is 2. The van der Waals surface area contributed by atoms with Gasteiger partial charge < -0.3 is 33.8 Å². The summed E-state index contributed by atoms with van der Waals surface area (Å²) in [6, 6.07) is 0. The second-order valence-corrected chi connectivity index (χ2v) is 33.8. The van der Waals surface area contributed by atoms with E-state index < -0.39 is 97.5 Å². The van der Waals surface area contributed by atoms with Crippen molar-refractivity contribution in [1.29, 1.82) is 0 Å². The van der Waals surface area contributed by atoms with E-state index in [1.165, 1.54) is 302 Å². The average molecular weight is 1540 g/mol. The Morgan fingerprint density at radius 3 is 0.562 bits per heavy atom. The minimum absolute atomic E-state index is 0.110. The van der Waals surface area contributed by atoms with Gasteiger partial charge in [0.1, 0.15) is 19.3 Å². The highest BCUT2D eigenvalue weighted by Crippen LogP contribution is 2.45. The molecule has 3 N–H and O–H groups in total. The maximum Gasteiger partial charge on any atom is 0.472 e. The Hall–Kier alpha value is -1.94. The Balaban J connectivity index is 5.24. The first-order valence-electron chi connectivity index (χ1n) is 44.8. The fourth-order valence-electron chi connectivity index (χ4n) is 13.5. The Kier molecular flexibility index (Phi) is 78.6. The summed E-state index contributed by atoms with van der Waals surface area (Å²) in [5.41, 5.74) is 0. The summed E-state index contributed by atoms with van der Waals surface area (Å²) in [6.07, 6.45) is 74.9. The highest BCUT2D eigenvalue weighted by atomic mass is 31.2. The van der Waals surface area contributed by atoms with Gasteiger partial charge in [-0.3, -0.25) is 37.3 Å². The van der Waals surface area contributed by atoms with E-state index in [4.69, 9.17) is 37.0 Å². The third-order valence-electron chi connectivity index (χ3n) is 20.4. The van der Waals surface area contributed by atoms with Gasteiger partial charge in [-0.15, -0.1) is 0 Å². The van der Waals surface area contributed by atoms with Gasteiger partial charge in [-0.25, -0.2) is 9.13 Å². The predicted molar refractivity (Wildman–Crippen MR) is 432 cm³/mol. The standard InChI is InChI=1S/C86H168O17P2/c1-5-9-13-17-21-25-29-32-35-38-41-44-47-51-55-59-63-67-71-84(89)97-77-82(103-86(91)73-69-65-61-57-53-49-46-43-40-37-34-31-27-23-19-15-11-7-3)79-101-105(94,95)99-75-80(87)74-98-104(92,93)100-78-81(76-96-83(88)70-66-62-58-54-50-28-24-20-16-12-8-4)102-85(90)72-68-64-60-56-52-48-45-42-39-36-33-30-26-22-18-14-10-6-2/h80-82,87H,5-79H2,1-4H3,(H,92,93)(H,94,95)/t80-,81+,82+/m0/s1. The summed E-state index contributed by atoms with van der Waals surface area (Å²) < 4.78 is 68.9. The normalized spacial score (nSPS) is 13.7. The number of aliphatic hydroxyl groups is 1. The van der Waals surface area contributed by atoms with Crippen LogP contribution in [0, 0.1) is 0 Å². The second kappa shape index (κ2) is 80.1. The van der Waals surface area contributed by atoms with Crippen LogP contribution >= 0.6 is 15.6 Å². The summed E-state index contributed by atoms with van der Waals surface area (Å²) in [5.74, 6) is -2.10. The number of esters is 4. The smallest absolute Gasteiger partial charge is 0.462 e. The molecule has 19 heteroatoms. The van der Waals surface area contributed by atoms with E-state index in [9.17, 15) is 43.2 Å². The number of phosphoric ester groups is 2. The van der Waals surface area contributed by atoms with Crippen molar-refractivity contribution in [2.24, 2.45) is 0 Å². The van der Waals surface area contributed by atoms with Crippen molar-refractivity contribution in [2.45, 2.75) is 489 Å². The van der Waals surface area contributed by atoms with Gasteiger partial charge in [0.25, 0.3) is 0 Å². The zero-order chi connectivity index (χ0) is 76.7. The molecular formula is C86H168O17P2. The number of hydrogen-bond acceptors (Lipinski definition) is 15. The predicted octanol–water partition coefficient (Wildman–Crippen LogP) is 26.5. The first kappa shape index (κ1) is 103. The van der Waals surface area contributed by atoms with Crippen LogP contribution in [0.4, 0.5) is 0 Å². The number of carbonyl (C=O) groups excluding carboxylic acids is 4. The molecule has 0 bridgehead atoms. The van der Waals surface area contributed by atoms with Crippen molar-refractivity contribution >= 4 is 39.5 Å². The number of unbranched alkanes of at least 4 members (excludes halogenated alkanes) is 61. The number of ether oxygens (including phenoxy) is 4. The summed E-state index contributed by atoms with van der Waals surface area (Å²) in [4.78, 5) is 73.2. The van der Waals surface area contributed by atoms with Crippen molar-refractivity contribution < 1.29 is 80.2 Å². The molecule has 17 nitrogen and oxygen atoms in total. The molecule has 0 heterocycles. The summed E-state index contributed by atoms with van der Waals surface area (Å²) in [6.45, 7) is 5.06. The lowest BCUT2D eigenvalue weighted by molar-refractivity contribution is -0.161. The zero-order valence-electron chi connectivity index (χ0n) is 68.7. The van der Waals surface area contributed by atoms with Gasteiger partial charge in [0, 0.05) is 25.7 Å². The molecule has 0 amide bonds. The van der Waals surface area contributed by atoms with Crippen LogP contribution in [0.2, 0.25) is 0 Å². The number of carbonyl (C=O) groups is 4. The lowest BCUT2D eigenvalue weighted by Gasteiger charge is -2.21. The largest absolute Gasteiger partial charge is 0.472 e. The number of rotatable bonds is 87. The summed E-state index contributed by atoms with van der Waals surface area (Å²) >= 11 is 0. The Bertz CT molecular complexity index is 1980. The van der Waals surface area contributed by atoms with Crippen LogP contribution in [-0.2, 0) is 65.4 Å². The van der Waals surface area contributed by atoms with Crippen molar-refractivity contribution in [3.05, 3.63) is 0 Å². The molecule has 624 valence electrons. The molecule has 0 saturated heterocycles. The van der Waals surface area contributed by atoms with E-state index >= 15 is 0 Å². The van der Waals surface area contributed by atoms with E-state index in [1.54, 1.807) is 0 Å². The number of aliphatic hydroxyl groups excluding tert-OH is 1. The van der Waals surface area contributed by atoms with Gasteiger partial charge in [0.2, 0.25) is 0 Å². The highest BCUT2D eigenvalue weighted by Gasteiger charge is 2.30. The van der Waals surface area contributed by atoms with Gasteiger partial charge in [-0.2, -0.15) is 0 Å². The molecule has 5 atom stereocenters. The molecule has 0 aromatic rings. The highest BCUT2D eigenvalue weighted by molar-refractivity contribution is 7.47. The molecule has 0 rings (SSSR count). The first-order chi connectivity index (χ1) is 51.2. The van der Waals surface area contributed by atoms with E-state index in [-0.39, 0.29) is 25.7 Å². The third-order valence-corrected chi connectivity index (χ3v) is 22.3. The molecule has 105 heavy (non-hydrogen) atoms. The summed E-state index contributed by atoms with van der Waals surface area (Å²) in [7, 11) is -9.93. The van der Waals surface area contributed by atoms with Crippen LogP contribution in [0.15, 0.2) is 0 Å². The van der Waals surface area contributed by atoms with Gasteiger partial charge in [0.15, 0.2) is 12.2 Å². The second-order valence-electron chi connectivity index (χ2n) is 30.9. The molecule has 0 aromatic heterocycles. The van der Waals surface area contributed by atoms with Crippen molar-refractivity contribution in [3.8, 4) is 0 Å². The van der Waals surface area contributed by atoms with Crippen LogP contribution in [0.1, 0.15) is 471 Å². The fourth-order valence-corrected chi connectivity index (χ4v) is 15.1. The average Bonchev–Trinajstić information content (AvgIpc) is 0.925. The lowest BCUT2D eigenvalue weighted by atomic mass is 10.0. The fraction of sp³-hybridized carbons (Fsp3) is 0.953. The lowest BCUT2D eigenvalue weighted by Crippen LogP contribution is -2.30. The summed E-state index contributed by atoms with van der Waals surface area (Å²) in [5, 5.41) is 10.7. The third kappa shape index (κ3) is 79.9. The molecule has 0 spiro atoms. The number of hydrogen-bond donors (Lipinski definition) is 3. The van der Waals surface area contributed by atoms with E-state index in [2.05, 4.69) is 27.7 Å². The van der Waals surface area contributed by atoms with Crippen molar-refractivity contribution in [2.75, 3.05) is 39.6 Å². The first-order valence-corrected chi connectivity index (χ1v) is 47.8. The van der Waals surface area contributed by atoms with E-state index in [0.29, 0.717) is 25.7 Å². The quantitative estimate of drug-likeness (QED) is 0.0222. The van der Waals surface area contributed by atoms with Gasteiger partial charge in [0.05, 0.1) is 26.4 Å². The Morgan fingerprint density at radius 2 is 0.381 bits per heavy atom. The van der Waals surface area contributed by atoms with E-state index in [1.807, 2.05) is 0 Å². The molecule has 0 aliphatic heterocycles. The molecule has 0 fully saturated rings. The van der Waals surface area contributed by atoms with Gasteiger partial charge >= 0.3 is 39.5 Å². The molecule has 0 aromatic carbocycles. The SMILES string of the molecule is CCCCCCCCCCCCCCCCCCCCC(=O)OC[C@H](COP(=O)(O)OC[C@@H](O)COP(=O)(O)OC[C@@H](COC(=O)CCCCCCCCCCCCC)OC(=O)CCCCCCCCCCCCCCCCCCCC)OC(=O)CCCCCCCCCCCCCCCCCCCC. The van der Waals surface area contributed by atoms with Gasteiger partial charge in [-0.1, -0.05) is 419 Å². The Labute approximate surface area is 645 Å². The molecule has 0 saturated carbocycles. The Morgan fingerprint density at radius 1 is 0.229 bits per heavy atom.